The van der Waals surface area contributed by atoms with Crippen molar-refractivity contribution < 1.29 is 14.3 Å². The van der Waals surface area contributed by atoms with E-state index in [-0.39, 0.29) is 12.2 Å². The fourth-order valence-electron chi connectivity index (χ4n) is 2.71. The largest absolute Gasteiger partial charge is 0.482 e. The van der Waals surface area contributed by atoms with Gasteiger partial charge >= 0.3 is 5.97 Å². The van der Waals surface area contributed by atoms with Gasteiger partial charge in [0.15, 0.2) is 18.5 Å². The summed E-state index contributed by atoms with van der Waals surface area (Å²) in [4.78, 5) is 33.3. The second-order valence-corrected chi connectivity index (χ2v) is 7.54. The summed E-state index contributed by atoms with van der Waals surface area (Å²) in [6, 6.07) is 7.56. The second kappa shape index (κ2) is 7.92. The van der Waals surface area contributed by atoms with Gasteiger partial charge in [0.2, 0.25) is 0 Å². The number of carbonyl (C=O) groups is 1. The van der Waals surface area contributed by atoms with E-state index in [1.165, 1.54) is 16.9 Å². The molecule has 3 rings (SSSR count). The second-order valence-electron chi connectivity index (χ2n) is 6.33. The SMILES string of the molecule is CCc1ccc(OCC(=O)O[C@@H](C)c2nc3sc(C)c(C)c3c(=O)[nH]2)cc1. The van der Waals surface area contributed by atoms with Gasteiger partial charge in [-0.1, -0.05) is 19.1 Å². The number of nitrogens with zero attached hydrogens (tertiary/aromatic N) is 1. The summed E-state index contributed by atoms with van der Waals surface area (Å²) in [7, 11) is 0. The Morgan fingerprint density at radius 1 is 1.26 bits per heavy atom. The lowest BCUT2D eigenvalue weighted by Gasteiger charge is -2.13. The molecule has 1 N–H and O–H groups in total. The molecule has 0 saturated heterocycles. The van der Waals surface area contributed by atoms with Gasteiger partial charge in [-0.15, -0.1) is 11.3 Å². The summed E-state index contributed by atoms with van der Waals surface area (Å²) in [6.07, 6.45) is 0.266. The molecule has 0 aliphatic rings. The summed E-state index contributed by atoms with van der Waals surface area (Å²) >= 11 is 1.46. The first-order valence-electron chi connectivity index (χ1n) is 8.80. The lowest BCUT2D eigenvalue weighted by Crippen LogP contribution is -2.20. The topological polar surface area (TPSA) is 81.3 Å². The number of H-pyrrole nitrogens is 1. The molecule has 7 heteroatoms. The molecule has 0 bridgehead atoms. The van der Waals surface area contributed by atoms with Crippen LogP contribution in [0.2, 0.25) is 0 Å². The van der Waals surface area contributed by atoms with E-state index in [9.17, 15) is 9.59 Å². The predicted molar refractivity (Wildman–Crippen MR) is 106 cm³/mol. The molecular formula is C20H22N2O4S. The molecule has 2 heterocycles. The molecule has 27 heavy (non-hydrogen) atoms. The Hall–Kier alpha value is -2.67. The Bertz CT molecular complexity index is 1020. The number of ether oxygens (including phenoxy) is 2. The van der Waals surface area contributed by atoms with Crippen LogP contribution in [0.5, 0.6) is 5.75 Å². The highest BCUT2D eigenvalue weighted by Gasteiger charge is 2.18. The lowest BCUT2D eigenvalue weighted by molar-refractivity contribution is -0.151. The normalized spacial score (nSPS) is 12.1. The maximum atomic E-state index is 12.3. The van der Waals surface area contributed by atoms with Gasteiger partial charge in [-0.05, 0) is 50.5 Å². The highest BCUT2D eigenvalue weighted by molar-refractivity contribution is 7.18. The molecule has 3 aromatic rings. The maximum absolute atomic E-state index is 12.3. The standard InChI is InChI=1S/C20H22N2O4S/c1-5-14-6-8-15(9-7-14)25-10-16(23)26-12(3)18-21-19(24)17-11(2)13(4)27-20(17)22-18/h6-9,12H,5,10H2,1-4H3,(H,21,22,24)/t12-/m0/s1. The monoisotopic (exact) mass is 386 g/mol. The predicted octanol–water partition coefficient (Wildman–Crippen LogP) is 3.85. The van der Waals surface area contributed by atoms with Crippen LogP contribution in [0.1, 0.15) is 41.8 Å². The van der Waals surface area contributed by atoms with Crippen LogP contribution in [0.15, 0.2) is 29.1 Å². The van der Waals surface area contributed by atoms with E-state index in [2.05, 4.69) is 16.9 Å². The molecule has 0 unspecified atom stereocenters. The van der Waals surface area contributed by atoms with E-state index >= 15 is 0 Å². The van der Waals surface area contributed by atoms with Crippen molar-refractivity contribution in [1.82, 2.24) is 9.97 Å². The molecule has 1 atom stereocenters. The van der Waals surface area contributed by atoms with Crippen molar-refractivity contribution >= 4 is 27.5 Å². The molecule has 0 fully saturated rings. The molecule has 1 aromatic carbocycles. The highest BCUT2D eigenvalue weighted by Crippen LogP contribution is 2.26. The van der Waals surface area contributed by atoms with Gasteiger partial charge in [-0.3, -0.25) is 4.79 Å². The van der Waals surface area contributed by atoms with Gasteiger partial charge in [0, 0.05) is 4.88 Å². The third-order valence-electron chi connectivity index (χ3n) is 4.44. The maximum Gasteiger partial charge on any atom is 0.344 e. The Kier molecular flexibility index (Phi) is 5.60. The number of fused-ring (bicyclic) bond motifs is 1. The number of esters is 1. The first kappa shape index (κ1) is 19.1. The first-order valence-corrected chi connectivity index (χ1v) is 9.61. The minimum atomic E-state index is -0.677. The van der Waals surface area contributed by atoms with E-state index in [1.807, 2.05) is 38.1 Å². The number of rotatable bonds is 6. The molecule has 142 valence electrons. The third-order valence-corrected chi connectivity index (χ3v) is 5.54. The average Bonchev–Trinajstić information content (AvgIpc) is 2.94. The van der Waals surface area contributed by atoms with Crippen LogP contribution < -0.4 is 10.3 Å². The van der Waals surface area contributed by atoms with Crippen LogP contribution in [0.4, 0.5) is 0 Å². The fourth-order valence-corrected chi connectivity index (χ4v) is 3.75. The van der Waals surface area contributed by atoms with Gasteiger partial charge in [0.25, 0.3) is 5.56 Å². The Labute approximate surface area is 161 Å². The van der Waals surface area contributed by atoms with Gasteiger partial charge in [-0.2, -0.15) is 0 Å². The van der Waals surface area contributed by atoms with E-state index in [1.54, 1.807) is 6.92 Å². The van der Waals surface area contributed by atoms with Crippen LogP contribution in [-0.2, 0) is 16.0 Å². The molecule has 0 aliphatic heterocycles. The summed E-state index contributed by atoms with van der Waals surface area (Å²) in [5.74, 6) is 0.409. The summed E-state index contributed by atoms with van der Waals surface area (Å²) in [5, 5.41) is 0.596. The molecule has 0 radical (unpaired) electrons. The Morgan fingerprint density at radius 3 is 2.63 bits per heavy atom. The van der Waals surface area contributed by atoms with E-state index in [4.69, 9.17) is 9.47 Å². The van der Waals surface area contributed by atoms with Gasteiger partial charge in [0.1, 0.15) is 10.6 Å². The smallest absolute Gasteiger partial charge is 0.344 e. The quantitative estimate of drug-likeness (QED) is 0.651. The minimum absolute atomic E-state index is 0.209. The third kappa shape index (κ3) is 4.19. The molecule has 0 saturated carbocycles. The Balaban J connectivity index is 1.65. The van der Waals surface area contributed by atoms with Crippen molar-refractivity contribution in [3.63, 3.8) is 0 Å². The van der Waals surface area contributed by atoms with Crippen molar-refractivity contribution in [2.75, 3.05) is 6.61 Å². The number of hydrogen-bond donors (Lipinski definition) is 1. The van der Waals surface area contributed by atoms with E-state index in [0.717, 1.165) is 16.9 Å². The van der Waals surface area contributed by atoms with Crippen molar-refractivity contribution in [3.8, 4) is 5.75 Å². The van der Waals surface area contributed by atoms with E-state index in [0.29, 0.717) is 21.8 Å². The molecule has 2 aromatic heterocycles. The van der Waals surface area contributed by atoms with Crippen molar-refractivity contribution in [1.29, 1.82) is 0 Å². The molecule has 0 spiro atoms. The van der Waals surface area contributed by atoms with Crippen LogP contribution in [0, 0.1) is 13.8 Å². The van der Waals surface area contributed by atoms with Gasteiger partial charge < -0.3 is 14.5 Å². The zero-order chi connectivity index (χ0) is 19.6. The number of hydrogen-bond acceptors (Lipinski definition) is 6. The van der Waals surface area contributed by atoms with E-state index < -0.39 is 12.1 Å². The lowest BCUT2D eigenvalue weighted by atomic mass is 10.2. The number of aryl methyl sites for hydroxylation is 3. The average molecular weight is 386 g/mol. The molecule has 0 aliphatic carbocycles. The first-order chi connectivity index (χ1) is 12.9. The number of aromatic nitrogens is 2. The van der Waals surface area contributed by atoms with Crippen LogP contribution in [0.3, 0.4) is 0 Å². The van der Waals surface area contributed by atoms with Crippen molar-refractivity contribution in [3.05, 3.63) is 56.4 Å². The number of benzene rings is 1. The summed E-state index contributed by atoms with van der Waals surface area (Å²) in [5.41, 5.74) is 1.91. The number of aromatic amines is 1. The number of nitrogens with one attached hydrogen (secondary N) is 1. The van der Waals surface area contributed by atoms with Crippen LogP contribution in [0.25, 0.3) is 10.2 Å². The zero-order valence-electron chi connectivity index (χ0n) is 15.8. The van der Waals surface area contributed by atoms with Crippen molar-refractivity contribution in [2.24, 2.45) is 0 Å². The fraction of sp³-hybridized carbons (Fsp3) is 0.350. The summed E-state index contributed by atoms with van der Waals surface area (Å²) < 4.78 is 10.8. The van der Waals surface area contributed by atoms with Crippen LogP contribution in [-0.4, -0.2) is 22.5 Å². The summed E-state index contributed by atoms with van der Waals surface area (Å²) in [6.45, 7) is 7.39. The Morgan fingerprint density at radius 2 is 1.96 bits per heavy atom. The van der Waals surface area contributed by atoms with Gasteiger partial charge in [-0.25, -0.2) is 9.78 Å². The molecule has 0 amide bonds. The zero-order valence-corrected chi connectivity index (χ0v) is 16.6. The molecular weight excluding hydrogens is 364 g/mol. The number of carbonyl (C=O) groups excluding carboxylic acids is 1. The molecule has 6 nitrogen and oxygen atoms in total. The van der Waals surface area contributed by atoms with Crippen molar-refractivity contribution in [2.45, 2.75) is 40.2 Å². The van der Waals surface area contributed by atoms with Crippen LogP contribution >= 0.6 is 11.3 Å². The van der Waals surface area contributed by atoms with Gasteiger partial charge in [0.05, 0.1) is 5.39 Å². The highest BCUT2D eigenvalue weighted by atomic mass is 32.1. The minimum Gasteiger partial charge on any atom is -0.482 e. The number of thiophene rings is 1.